The first-order chi connectivity index (χ1) is 8.58. The zero-order valence-electron chi connectivity index (χ0n) is 10.8. The molecule has 1 aromatic rings. The summed E-state index contributed by atoms with van der Waals surface area (Å²) < 4.78 is 5.38. The molecule has 5 nitrogen and oxygen atoms in total. The van der Waals surface area contributed by atoms with Crippen LogP contribution in [-0.4, -0.2) is 22.7 Å². The minimum atomic E-state index is -0.453. The first kappa shape index (κ1) is 14.4. The molecule has 0 saturated heterocycles. The average molecular weight is 253 g/mol. The Morgan fingerprint density at radius 2 is 2.17 bits per heavy atom. The van der Waals surface area contributed by atoms with Crippen LogP contribution >= 0.6 is 0 Å². The van der Waals surface area contributed by atoms with E-state index in [9.17, 15) is 15.2 Å². The highest BCUT2D eigenvalue weighted by Gasteiger charge is 2.16. The van der Waals surface area contributed by atoms with Gasteiger partial charge < -0.3 is 9.84 Å². The number of nitrogens with zero attached hydrogens (tertiary/aromatic N) is 1. The molecule has 0 aliphatic rings. The SMILES string of the molecule is CCCOc1cc(CC(O)CC)ccc1[N+](=O)[O-]. The molecule has 0 saturated carbocycles. The van der Waals surface area contributed by atoms with Crippen molar-refractivity contribution in [3.8, 4) is 5.75 Å². The summed E-state index contributed by atoms with van der Waals surface area (Å²) in [7, 11) is 0. The average Bonchev–Trinajstić information content (AvgIpc) is 2.36. The first-order valence-electron chi connectivity index (χ1n) is 6.16. The minimum Gasteiger partial charge on any atom is -0.487 e. The standard InChI is InChI=1S/C13H19NO4/c1-3-7-18-13-9-10(8-11(15)4-2)5-6-12(13)14(16)17/h5-6,9,11,15H,3-4,7-8H2,1-2H3. The summed E-state index contributed by atoms with van der Waals surface area (Å²) in [5.41, 5.74) is 0.819. The molecule has 0 bridgehead atoms. The molecule has 0 heterocycles. The maximum absolute atomic E-state index is 10.9. The second kappa shape index (κ2) is 6.96. The van der Waals surface area contributed by atoms with Crippen molar-refractivity contribution in [2.75, 3.05) is 6.61 Å². The minimum absolute atomic E-state index is 0.0295. The maximum atomic E-state index is 10.9. The number of hydrogen-bond acceptors (Lipinski definition) is 4. The fourth-order valence-electron chi connectivity index (χ4n) is 1.58. The van der Waals surface area contributed by atoms with E-state index >= 15 is 0 Å². The van der Waals surface area contributed by atoms with Gasteiger partial charge in [0, 0.05) is 6.07 Å². The highest BCUT2D eigenvalue weighted by molar-refractivity contribution is 5.48. The van der Waals surface area contributed by atoms with E-state index in [0.717, 1.165) is 12.0 Å². The van der Waals surface area contributed by atoms with E-state index < -0.39 is 11.0 Å². The fourth-order valence-corrected chi connectivity index (χ4v) is 1.58. The molecular weight excluding hydrogens is 234 g/mol. The van der Waals surface area contributed by atoms with Crippen molar-refractivity contribution >= 4 is 5.69 Å². The van der Waals surface area contributed by atoms with Crippen LogP contribution in [0.25, 0.3) is 0 Å². The molecule has 0 radical (unpaired) electrons. The molecule has 5 heteroatoms. The third-order valence-corrected chi connectivity index (χ3v) is 2.63. The van der Waals surface area contributed by atoms with Gasteiger partial charge in [-0.3, -0.25) is 10.1 Å². The van der Waals surface area contributed by atoms with Crippen LogP contribution in [0.4, 0.5) is 5.69 Å². The molecule has 1 rings (SSSR count). The third-order valence-electron chi connectivity index (χ3n) is 2.63. The van der Waals surface area contributed by atoms with Crippen LogP contribution in [-0.2, 0) is 6.42 Å². The molecule has 0 aromatic heterocycles. The highest BCUT2D eigenvalue weighted by atomic mass is 16.6. The fraction of sp³-hybridized carbons (Fsp3) is 0.538. The van der Waals surface area contributed by atoms with Gasteiger partial charge in [-0.15, -0.1) is 0 Å². The van der Waals surface area contributed by atoms with Crippen molar-refractivity contribution in [1.82, 2.24) is 0 Å². The van der Waals surface area contributed by atoms with Gasteiger partial charge in [-0.05, 0) is 30.9 Å². The van der Waals surface area contributed by atoms with Crippen LogP contribution < -0.4 is 4.74 Å². The highest BCUT2D eigenvalue weighted by Crippen LogP contribution is 2.28. The number of aliphatic hydroxyl groups is 1. The van der Waals surface area contributed by atoms with Crippen LogP contribution in [0.1, 0.15) is 32.3 Å². The van der Waals surface area contributed by atoms with E-state index in [1.165, 1.54) is 6.07 Å². The summed E-state index contributed by atoms with van der Waals surface area (Å²) >= 11 is 0. The van der Waals surface area contributed by atoms with Crippen LogP contribution in [0.15, 0.2) is 18.2 Å². The Morgan fingerprint density at radius 1 is 1.44 bits per heavy atom. The van der Waals surface area contributed by atoms with Crippen molar-refractivity contribution in [3.63, 3.8) is 0 Å². The Morgan fingerprint density at radius 3 is 2.72 bits per heavy atom. The van der Waals surface area contributed by atoms with Gasteiger partial charge >= 0.3 is 5.69 Å². The lowest BCUT2D eigenvalue weighted by atomic mass is 10.1. The van der Waals surface area contributed by atoms with Crippen molar-refractivity contribution in [1.29, 1.82) is 0 Å². The Labute approximate surface area is 107 Å². The monoisotopic (exact) mass is 253 g/mol. The zero-order chi connectivity index (χ0) is 13.5. The van der Waals surface area contributed by atoms with E-state index in [1.54, 1.807) is 12.1 Å². The zero-order valence-corrected chi connectivity index (χ0v) is 10.8. The summed E-state index contributed by atoms with van der Waals surface area (Å²) in [4.78, 5) is 10.4. The lowest BCUT2D eigenvalue weighted by Gasteiger charge is -2.10. The molecule has 1 unspecified atom stereocenters. The van der Waals surface area contributed by atoms with E-state index in [-0.39, 0.29) is 11.4 Å². The molecule has 100 valence electrons. The molecule has 1 atom stereocenters. The smallest absolute Gasteiger partial charge is 0.310 e. The molecule has 0 aliphatic heterocycles. The van der Waals surface area contributed by atoms with Gasteiger partial charge in [-0.1, -0.05) is 19.9 Å². The second-order valence-electron chi connectivity index (χ2n) is 4.17. The Hall–Kier alpha value is -1.62. The second-order valence-corrected chi connectivity index (χ2v) is 4.17. The van der Waals surface area contributed by atoms with Crippen molar-refractivity contribution in [2.45, 2.75) is 39.2 Å². The predicted molar refractivity (Wildman–Crippen MR) is 68.9 cm³/mol. The molecule has 18 heavy (non-hydrogen) atoms. The van der Waals surface area contributed by atoms with Gasteiger partial charge in [-0.2, -0.15) is 0 Å². The van der Waals surface area contributed by atoms with Gasteiger partial charge in [0.05, 0.1) is 17.6 Å². The van der Waals surface area contributed by atoms with Crippen LogP contribution in [0, 0.1) is 10.1 Å². The van der Waals surface area contributed by atoms with Crippen LogP contribution in [0.3, 0.4) is 0 Å². The van der Waals surface area contributed by atoms with Gasteiger partial charge in [0.15, 0.2) is 5.75 Å². The lowest BCUT2D eigenvalue weighted by molar-refractivity contribution is -0.385. The van der Waals surface area contributed by atoms with Crippen LogP contribution in [0.5, 0.6) is 5.75 Å². The van der Waals surface area contributed by atoms with Crippen molar-refractivity contribution in [2.24, 2.45) is 0 Å². The van der Waals surface area contributed by atoms with E-state index in [4.69, 9.17) is 4.74 Å². The number of benzene rings is 1. The molecular formula is C13H19NO4. The summed E-state index contributed by atoms with van der Waals surface area (Å²) in [6.07, 6.45) is 1.50. The van der Waals surface area contributed by atoms with Crippen molar-refractivity contribution in [3.05, 3.63) is 33.9 Å². The Balaban J connectivity index is 2.93. The lowest BCUT2D eigenvalue weighted by Crippen LogP contribution is -2.09. The number of aliphatic hydroxyl groups excluding tert-OH is 1. The number of ether oxygens (including phenoxy) is 1. The van der Waals surface area contributed by atoms with Gasteiger partial charge in [0.25, 0.3) is 0 Å². The van der Waals surface area contributed by atoms with Gasteiger partial charge in [0.1, 0.15) is 0 Å². The van der Waals surface area contributed by atoms with Crippen molar-refractivity contribution < 1.29 is 14.8 Å². The van der Waals surface area contributed by atoms with Crippen LogP contribution in [0.2, 0.25) is 0 Å². The molecule has 0 fully saturated rings. The molecule has 0 spiro atoms. The summed E-state index contributed by atoms with van der Waals surface area (Å²) in [5.74, 6) is 0.280. The van der Waals surface area contributed by atoms with Gasteiger partial charge in [0.2, 0.25) is 0 Å². The molecule has 0 aliphatic carbocycles. The topological polar surface area (TPSA) is 72.6 Å². The number of hydrogen-bond donors (Lipinski definition) is 1. The normalized spacial score (nSPS) is 12.2. The van der Waals surface area contributed by atoms with E-state index in [0.29, 0.717) is 19.4 Å². The first-order valence-corrected chi connectivity index (χ1v) is 6.16. The summed E-state index contributed by atoms with van der Waals surface area (Å²) in [6.45, 7) is 4.28. The third kappa shape index (κ3) is 4.00. The van der Waals surface area contributed by atoms with Gasteiger partial charge in [-0.25, -0.2) is 0 Å². The predicted octanol–water partition coefficient (Wildman–Crippen LogP) is 2.70. The molecule has 1 N–H and O–H groups in total. The summed E-state index contributed by atoms with van der Waals surface area (Å²) in [5, 5.41) is 20.4. The molecule has 0 amide bonds. The maximum Gasteiger partial charge on any atom is 0.310 e. The quantitative estimate of drug-likeness (QED) is 0.599. The summed E-state index contributed by atoms with van der Waals surface area (Å²) in [6, 6.07) is 4.74. The molecule has 1 aromatic carbocycles. The van der Waals surface area contributed by atoms with E-state index in [2.05, 4.69) is 0 Å². The number of nitro groups is 1. The number of rotatable bonds is 7. The largest absolute Gasteiger partial charge is 0.487 e. The number of nitro benzene ring substituents is 1. The Kier molecular flexibility index (Phi) is 5.58. The Bertz CT molecular complexity index is 406. The van der Waals surface area contributed by atoms with E-state index in [1.807, 2.05) is 13.8 Å².